The van der Waals surface area contributed by atoms with Crippen LogP contribution in [0.1, 0.15) is 12.5 Å². The molecule has 8 nitrogen and oxygen atoms in total. The van der Waals surface area contributed by atoms with Crippen molar-refractivity contribution in [3.8, 4) is 12.3 Å². The predicted molar refractivity (Wildman–Crippen MR) is 127 cm³/mol. The number of aromatic nitrogens is 2. The van der Waals surface area contributed by atoms with Crippen molar-refractivity contribution in [3.05, 3.63) is 66.5 Å². The van der Waals surface area contributed by atoms with Gasteiger partial charge >= 0.3 is 5.97 Å². The van der Waals surface area contributed by atoms with Crippen molar-refractivity contribution < 1.29 is 14.3 Å². The Morgan fingerprint density at radius 1 is 1.27 bits per heavy atom. The number of esters is 1. The number of fused-ring (bicyclic) bond motifs is 1. The molecule has 1 amide bonds. The van der Waals surface area contributed by atoms with Crippen LogP contribution in [0.2, 0.25) is 0 Å². The first kappa shape index (κ1) is 22.0. The number of carbonyl (C=O) groups excluding carboxylic acids is 2. The second-order valence-corrected chi connectivity index (χ2v) is 7.53. The zero-order valence-electron chi connectivity index (χ0n) is 18.1. The second kappa shape index (κ2) is 9.94. The van der Waals surface area contributed by atoms with Crippen molar-refractivity contribution in [3.63, 3.8) is 0 Å². The molecule has 1 saturated heterocycles. The molecule has 1 fully saturated rings. The Morgan fingerprint density at radius 2 is 2.15 bits per heavy atom. The summed E-state index contributed by atoms with van der Waals surface area (Å²) in [5.74, 6) is 2.70. The number of ether oxygens (including phenoxy) is 1. The fourth-order valence-corrected chi connectivity index (χ4v) is 3.51. The van der Waals surface area contributed by atoms with E-state index < -0.39 is 0 Å². The van der Waals surface area contributed by atoms with Crippen LogP contribution >= 0.6 is 0 Å². The highest BCUT2D eigenvalue weighted by Gasteiger charge is 2.26. The molecule has 1 atom stereocenters. The minimum absolute atomic E-state index is 0.243. The van der Waals surface area contributed by atoms with E-state index in [1.54, 1.807) is 19.1 Å². The molecule has 1 aliphatic heterocycles. The Balaban J connectivity index is 1.46. The number of hydrogen-bond donors (Lipinski definition) is 2. The molecule has 0 aliphatic carbocycles. The highest BCUT2D eigenvalue weighted by molar-refractivity contribution is 6.01. The molecule has 0 saturated carbocycles. The smallest absolute Gasteiger partial charge is 0.323 e. The summed E-state index contributed by atoms with van der Waals surface area (Å²) in [5, 5.41) is 6.87. The van der Waals surface area contributed by atoms with Crippen molar-refractivity contribution in [2.75, 3.05) is 30.3 Å². The van der Waals surface area contributed by atoms with Gasteiger partial charge in [-0.15, -0.1) is 6.42 Å². The average Bonchev–Trinajstić information content (AvgIpc) is 2.82. The third-order valence-electron chi connectivity index (χ3n) is 5.32. The molecule has 0 spiro atoms. The van der Waals surface area contributed by atoms with Crippen LogP contribution in [-0.2, 0) is 14.3 Å². The Labute approximate surface area is 191 Å². The van der Waals surface area contributed by atoms with E-state index in [1.807, 2.05) is 41.3 Å². The zero-order valence-corrected chi connectivity index (χ0v) is 18.1. The van der Waals surface area contributed by atoms with Gasteiger partial charge in [-0.2, -0.15) is 0 Å². The normalized spacial score (nSPS) is 16.4. The molecule has 1 unspecified atom stereocenters. The molecule has 2 N–H and O–H groups in total. The number of nitrogens with zero attached hydrogens (tertiary/aromatic N) is 3. The molecule has 2 heterocycles. The fourth-order valence-electron chi connectivity index (χ4n) is 3.51. The van der Waals surface area contributed by atoms with Gasteiger partial charge < -0.3 is 15.4 Å². The van der Waals surface area contributed by atoms with E-state index in [4.69, 9.17) is 11.2 Å². The second-order valence-electron chi connectivity index (χ2n) is 7.53. The van der Waals surface area contributed by atoms with Crippen LogP contribution in [0.15, 0.2) is 60.9 Å². The van der Waals surface area contributed by atoms with Crippen LogP contribution in [0.25, 0.3) is 10.9 Å². The number of amides is 1. The predicted octanol–water partition coefficient (Wildman–Crippen LogP) is 3.10. The molecule has 4 rings (SSSR count). The first-order valence-electron chi connectivity index (χ1n) is 10.5. The Bertz CT molecular complexity index is 1260. The van der Waals surface area contributed by atoms with E-state index in [-0.39, 0.29) is 17.9 Å². The van der Waals surface area contributed by atoms with Crippen LogP contribution in [0.5, 0.6) is 0 Å². The maximum atomic E-state index is 12.4. The lowest BCUT2D eigenvalue weighted by Crippen LogP contribution is -2.47. The summed E-state index contributed by atoms with van der Waals surface area (Å²) in [7, 11) is 0. The number of carbonyl (C=O) groups is 2. The van der Waals surface area contributed by atoms with Crippen LogP contribution in [0.3, 0.4) is 0 Å². The maximum Gasteiger partial charge on any atom is 0.323 e. The number of anilines is 3. The molecule has 0 radical (unpaired) electrons. The lowest BCUT2D eigenvalue weighted by atomic mass is 10.2. The molecule has 1 aromatic heterocycles. The summed E-state index contributed by atoms with van der Waals surface area (Å²) in [6.07, 6.45) is 10.2. The van der Waals surface area contributed by atoms with Gasteiger partial charge in [0.25, 0.3) is 0 Å². The van der Waals surface area contributed by atoms with E-state index in [2.05, 4.69) is 26.5 Å². The van der Waals surface area contributed by atoms with Gasteiger partial charge in [-0.05, 0) is 43.3 Å². The van der Waals surface area contributed by atoms with E-state index in [1.165, 1.54) is 12.4 Å². The third kappa shape index (κ3) is 5.34. The third-order valence-corrected chi connectivity index (χ3v) is 5.32. The van der Waals surface area contributed by atoms with Gasteiger partial charge in [0.2, 0.25) is 5.91 Å². The summed E-state index contributed by atoms with van der Waals surface area (Å²) >= 11 is 0. The highest BCUT2D eigenvalue weighted by atomic mass is 16.5. The number of morpholine rings is 1. The van der Waals surface area contributed by atoms with Crippen molar-refractivity contribution in [2.24, 2.45) is 0 Å². The Hall–Kier alpha value is -4.22. The molecule has 1 aliphatic rings. The number of terminal acetylenes is 1. The zero-order chi connectivity index (χ0) is 23.2. The number of hydrogen-bond acceptors (Lipinski definition) is 7. The summed E-state index contributed by atoms with van der Waals surface area (Å²) in [5.41, 5.74) is 2.91. The van der Waals surface area contributed by atoms with E-state index >= 15 is 0 Å². The monoisotopic (exact) mass is 441 g/mol. The van der Waals surface area contributed by atoms with Crippen LogP contribution in [-0.4, -0.2) is 52.5 Å². The molecule has 2 aromatic carbocycles. The van der Waals surface area contributed by atoms with Crippen molar-refractivity contribution >= 4 is 40.0 Å². The van der Waals surface area contributed by atoms with Crippen molar-refractivity contribution in [2.45, 2.75) is 13.0 Å². The Kier molecular flexibility index (Phi) is 6.62. The summed E-state index contributed by atoms with van der Waals surface area (Å²) in [4.78, 5) is 34.6. The van der Waals surface area contributed by atoms with Crippen LogP contribution < -0.4 is 10.6 Å². The SMILES string of the molecule is C#Cc1cccc(Nc2ncnc3ccc(NC(=O)C=CCN4CCOC(=O)C4C)cc23)c1. The largest absolute Gasteiger partial charge is 0.463 e. The lowest BCUT2D eigenvalue weighted by molar-refractivity contribution is -0.155. The number of nitrogens with one attached hydrogen (secondary N) is 2. The summed E-state index contributed by atoms with van der Waals surface area (Å²) < 4.78 is 5.01. The number of benzene rings is 2. The quantitative estimate of drug-likeness (QED) is 0.345. The lowest BCUT2D eigenvalue weighted by Gasteiger charge is -2.30. The molecule has 8 heteroatoms. The van der Waals surface area contributed by atoms with Gasteiger partial charge in [-0.3, -0.25) is 14.5 Å². The molecular weight excluding hydrogens is 418 g/mol. The van der Waals surface area contributed by atoms with Gasteiger partial charge in [-0.25, -0.2) is 9.97 Å². The van der Waals surface area contributed by atoms with Gasteiger partial charge in [-0.1, -0.05) is 18.1 Å². The molecular formula is C25H23N5O3. The van der Waals surface area contributed by atoms with Crippen LogP contribution in [0, 0.1) is 12.3 Å². The standard InChI is InChI=1S/C25H23N5O3/c1-3-18-6-4-7-19(14-18)29-24-21-15-20(9-10-22(21)26-16-27-24)28-23(31)8-5-11-30-12-13-33-25(32)17(30)2/h1,4-10,14-17H,11-13H2,2H3,(H,28,31)(H,26,27,29). The van der Waals surface area contributed by atoms with Gasteiger partial charge in [0.1, 0.15) is 24.8 Å². The first-order chi connectivity index (χ1) is 16.0. The van der Waals surface area contributed by atoms with E-state index in [9.17, 15) is 9.59 Å². The Morgan fingerprint density at radius 3 is 3.00 bits per heavy atom. The average molecular weight is 441 g/mol. The van der Waals surface area contributed by atoms with Gasteiger partial charge in [0.05, 0.1) is 5.52 Å². The van der Waals surface area contributed by atoms with Gasteiger partial charge in [0.15, 0.2) is 0 Å². The molecule has 33 heavy (non-hydrogen) atoms. The summed E-state index contributed by atoms with van der Waals surface area (Å²) in [6, 6.07) is 12.6. The van der Waals surface area contributed by atoms with E-state index in [0.717, 1.165) is 22.2 Å². The maximum absolute atomic E-state index is 12.4. The van der Waals surface area contributed by atoms with Crippen molar-refractivity contribution in [1.82, 2.24) is 14.9 Å². The fraction of sp³-hybridized carbons (Fsp3) is 0.200. The summed E-state index contributed by atoms with van der Waals surface area (Å²) in [6.45, 7) is 3.29. The minimum Gasteiger partial charge on any atom is -0.463 e. The molecule has 3 aromatic rings. The van der Waals surface area contributed by atoms with Gasteiger partial charge in [0, 0.05) is 41.5 Å². The molecule has 166 valence electrons. The highest BCUT2D eigenvalue weighted by Crippen LogP contribution is 2.26. The first-order valence-corrected chi connectivity index (χ1v) is 10.5. The number of rotatable bonds is 6. The van der Waals surface area contributed by atoms with Crippen molar-refractivity contribution in [1.29, 1.82) is 0 Å². The van der Waals surface area contributed by atoms with Crippen LogP contribution in [0.4, 0.5) is 17.2 Å². The minimum atomic E-state index is -0.320. The molecule has 0 bridgehead atoms. The number of cyclic esters (lactones) is 1. The van der Waals surface area contributed by atoms with E-state index in [0.29, 0.717) is 31.2 Å². The topological polar surface area (TPSA) is 96.4 Å².